The summed E-state index contributed by atoms with van der Waals surface area (Å²) in [6.45, 7) is 0. The van der Waals surface area contributed by atoms with E-state index in [0.717, 1.165) is 4.90 Å². The molecule has 1 saturated heterocycles. The van der Waals surface area contributed by atoms with E-state index in [-0.39, 0.29) is 5.71 Å². The van der Waals surface area contributed by atoms with Gasteiger partial charge in [0.05, 0.1) is 27.0 Å². The third-order valence-corrected chi connectivity index (χ3v) is 4.45. The molecule has 8 heteroatoms. The number of alkyl halides is 1. The van der Waals surface area contributed by atoms with Crippen LogP contribution in [0.2, 0.25) is 0 Å². The molecular weight excluding hydrogens is 372 g/mol. The van der Waals surface area contributed by atoms with E-state index in [4.69, 9.17) is 25.8 Å². The Morgan fingerprint density at radius 3 is 2.15 bits per heavy atom. The number of ether oxygens (including phenoxy) is 3. The molecule has 2 aromatic rings. The predicted molar refractivity (Wildman–Crippen MR) is 102 cm³/mol. The molecular formula is C19H17ClN2O5. The summed E-state index contributed by atoms with van der Waals surface area (Å²) in [7, 11) is 4.52. The third-order valence-electron chi connectivity index (χ3n) is 4.06. The van der Waals surface area contributed by atoms with Crippen LogP contribution < -0.4 is 19.1 Å². The summed E-state index contributed by atoms with van der Waals surface area (Å²) in [5.74, 6) is 0.415. The van der Waals surface area contributed by atoms with Crippen LogP contribution in [0.1, 0.15) is 0 Å². The summed E-state index contributed by atoms with van der Waals surface area (Å²) in [4.78, 5) is 30.7. The molecule has 140 valence electrons. The van der Waals surface area contributed by atoms with Gasteiger partial charge in [-0.2, -0.15) is 0 Å². The number of anilines is 1. The predicted octanol–water partition coefficient (Wildman–Crippen LogP) is 2.97. The van der Waals surface area contributed by atoms with Crippen LogP contribution in [0, 0.1) is 0 Å². The van der Waals surface area contributed by atoms with Crippen molar-refractivity contribution in [2.75, 3.05) is 26.2 Å². The first-order valence-electron chi connectivity index (χ1n) is 7.97. The van der Waals surface area contributed by atoms with E-state index >= 15 is 0 Å². The van der Waals surface area contributed by atoms with Crippen LogP contribution in [0.3, 0.4) is 0 Å². The number of hydrogen-bond acceptors (Lipinski definition) is 6. The molecule has 1 aliphatic rings. The maximum atomic E-state index is 12.8. The van der Waals surface area contributed by atoms with Crippen molar-refractivity contribution in [1.29, 1.82) is 0 Å². The third kappa shape index (κ3) is 3.46. The first-order chi connectivity index (χ1) is 13.0. The molecule has 0 saturated carbocycles. The summed E-state index contributed by atoms with van der Waals surface area (Å²) < 4.78 is 15.5. The zero-order valence-corrected chi connectivity index (χ0v) is 15.7. The fraction of sp³-hybridized carbons (Fsp3) is 0.211. The lowest BCUT2D eigenvalue weighted by atomic mass is 10.2. The van der Waals surface area contributed by atoms with Crippen molar-refractivity contribution < 1.29 is 23.8 Å². The molecule has 1 heterocycles. The maximum absolute atomic E-state index is 12.8. The molecule has 1 atom stereocenters. The molecule has 7 nitrogen and oxygen atoms in total. The largest absolute Gasteiger partial charge is 0.497 e. The second-order valence-corrected chi connectivity index (χ2v) is 6.01. The Hall–Kier alpha value is -3.06. The number of nitrogens with zero attached hydrogens (tertiary/aromatic N) is 2. The second-order valence-electron chi connectivity index (χ2n) is 5.57. The van der Waals surface area contributed by atoms with Gasteiger partial charge >= 0.3 is 0 Å². The molecule has 1 unspecified atom stereocenters. The highest BCUT2D eigenvalue weighted by molar-refractivity contribution is 6.68. The number of halogens is 1. The second kappa shape index (κ2) is 7.67. The highest BCUT2D eigenvalue weighted by Crippen LogP contribution is 2.34. The Bertz CT molecular complexity index is 911. The quantitative estimate of drug-likeness (QED) is 0.581. The Kier molecular flexibility index (Phi) is 5.32. The molecule has 2 amide bonds. The molecule has 1 fully saturated rings. The minimum atomic E-state index is -1.20. The topological polar surface area (TPSA) is 77.4 Å². The number of benzene rings is 2. The van der Waals surface area contributed by atoms with Gasteiger partial charge in [0, 0.05) is 6.07 Å². The van der Waals surface area contributed by atoms with Crippen molar-refractivity contribution in [3.05, 3.63) is 42.5 Å². The smallest absolute Gasteiger partial charge is 0.281 e. The van der Waals surface area contributed by atoms with Gasteiger partial charge in [0.15, 0.2) is 5.38 Å². The number of methoxy groups -OCH3 is 3. The number of aliphatic imine (C=N–C) groups is 1. The Morgan fingerprint density at radius 1 is 0.926 bits per heavy atom. The van der Waals surface area contributed by atoms with Crippen LogP contribution in [0.4, 0.5) is 11.4 Å². The molecule has 27 heavy (non-hydrogen) atoms. The minimum Gasteiger partial charge on any atom is -0.497 e. The number of hydrogen-bond donors (Lipinski definition) is 0. The highest BCUT2D eigenvalue weighted by atomic mass is 35.5. The fourth-order valence-corrected chi connectivity index (χ4v) is 2.89. The van der Waals surface area contributed by atoms with Gasteiger partial charge in [0.25, 0.3) is 11.8 Å². The molecule has 0 spiro atoms. The van der Waals surface area contributed by atoms with Crippen molar-refractivity contribution in [2.24, 2.45) is 4.99 Å². The Balaban J connectivity index is 2.01. The summed E-state index contributed by atoms with van der Waals surface area (Å²) in [6, 6.07) is 11.5. The lowest BCUT2D eigenvalue weighted by molar-refractivity contribution is -0.120. The number of amides is 2. The van der Waals surface area contributed by atoms with E-state index < -0.39 is 17.2 Å². The van der Waals surface area contributed by atoms with Crippen LogP contribution >= 0.6 is 11.6 Å². The van der Waals surface area contributed by atoms with E-state index in [2.05, 4.69) is 4.99 Å². The van der Waals surface area contributed by atoms with Gasteiger partial charge in [-0.25, -0.2) is 9.89 Å². The van der Waals surface area contributed by atoms with Gasteiger partial charge in [-0.15, -0.1) is 11.6 Å². The van der Waals surface area contributed by atoms with Crippen molar-refractivity contribution in [3.8, 4) is 17.2 Å². The Labute approximate surface area is 161 Å². The van der Waals surface area contributed by atoms with Crippen molar-refractivity contribution in [2.45, 2.75) is 5.38 Å². The standard InChI is InChI=1S/C19H17ClN2O5/c1-25-12-6-4-11(5-7-12)22-18(23)16(20)17(19(22)24)21-14-10-13(26-2)8-9-15(14)27-3/h4-10,16H,1-3H3. The molecule has 0 aliphatic carbocycles. The molecule has 3 rings (SSSR count). The molecule has 1 aliphatic heterocycles. The van der Waals surface area contributed by atoms with Crippen LogP contribution in [-0.2, 0) is 9.59 Å². The summed E-state index contributed by atoms with van der Waals surface area (Å²) in [5.41, 5.74) is 0.651. The van der Waals surface area contributed by atoms with E-state index in [1.807, 2.05) is 0 Å². The lowest BCUT2D eigenvalue weighted by Gasteiger charge is -2.13. The zero-order valence-electron chi connectivity index (χ0n) is 14.9. The molecule has 0 aromatic heterocycles. The zero-order chi connectivity index (χ0) is 19.6. The van der Waals surface area contributed by atoms with Gasteiger partial charge in [0.1, 0.15) is 28.6 Å². The number of rotatable bonds is 5. The normalized spacial score (nSPS) is 18.1. The lowest BCUT2D eigenvalue weighted by Crippen LogP contribution is -2.31. The van der Waals surface area contributed by atoms with Gasteiger partial charge in [-0.05, 0) is 36.4 Å². The fourth-order valence-electron chi connectivity index (χ4n) is 2.65. The highest BCUT2D eigenvalue weighted by Gasteiger charge is 2.45. The summed E-state index contributed by atoms with van der Waals surface area (Å²) in [6.07, 6.45) is 0. The molecule has 0 radical (unpaired) electrons. The maximum Gasteiger partial charge on any atom is 0.281 e. The van der Waals surface area contributed by atoms with Gasteiger partial charge < -0.3 is 14.2 Å². The SMILES string of the molecule is COc1ccc(N2C(=O)C(=Nc3cc(OC)ccc3OC)C(Cl)C2=O)cc1. The van der Waals surface area contributed by atoms with Gasteiger partial charge in [-0.3, -0.25) is 9.59 Å². The van der Waals surface area contributed by atoms with Crippen molar-refractivity contribution in [3.63, 3.8) is 0 Å². The monoisotopic (exact) mass is 388 g/mol. The van der Waals surface area contributed by atoms with E-state index in [1.165, 1.54) is 21.3 Å². The average molecular weight is 389 g/mol. The van der Waals surface area contributed by atoms with E-state index in [1.54, 1.807) is 42.5 Å². The van der Waals surface area contributed by atoms with Crippen LogP contribution in [0.15, 0.2) is 47.5 Å². The van der Waals surface area contributed by atoms with E-state index in [0.29, 0.717) is 28.6 Å². The number of imide groups is 1. The van der Waals surface area contributed by atoms with Crippen LogP contribution in [0.25, 0.3) is 0 Å². The molecule has 0 bridgehead atoms. The molecule has 2 aromatic carbocycles. The first-order valence-corrected chi connectivity index (χ1v) is 8.40. The summed E-state index contributed by atoms with van der Waals surface area (Å²) >= 11 is 6.21. The van der Waals surface area contributed by atoms with Gasteiger partial charge in [0.2, 0.25) is 0 Å². The van der Waals surface area contributed by atoms with Crippen LogP contribution in [-0.4, -0.2) is 44.2 Å². The average Bonchev–Trinajstić information content (AvgIpc) is 2.91. The summed E-state index contributed by atoms with van der Waals surface area (Å²) in [5, 5.41) is -1.20. The first kappa shape index (κ1) is 18.7. The van der Waals surface area contributed by atoms with Gasteiger partial charge in [-0.1, -0.05) is 0 Å². The van der Waals surface area contributed by atoms with E-state index in [9.17, 15) is 9.59 Å². The van der Waals surface area contributed by atoms with Crippen LogP contribution in [0.5, 0.6) is 17.2 Å². The van der Waals surface area contributed by atoms with Crippen molar-refractivity contribution >= 4 is 40.5 Å². The minimum absolute atomic E-state index is 0.0796. The number of carbonyl (C=O) groups is 2. The Morgan fingerprint density at radius 2 is 1.56 bits per heavy atom. The van der Waals surface area contributed by atoms with Crippen molar-refractivity contribution in [1.82, 2.24) is 0 Å². The molecule has 0 N–H and O–H groups in total. The number of carbonyl (C=O) groups excluding carboxylic acids is 2.